The number of fused-ring (bicyclic) bond motifs is 2. The fourth-order valence-electron chi connectivity index (χ4n) is 4.67. The fourth-order valence-corrected chi connectivity index (χ4v) is 4.67. The summed E-state index contributed by atoms with van der Waals surface area (Å²) in [6.45, 7) is 3.13. The molecule has 2 aromatic heterocycles. The molecule has 0 aliphatic carbocycles. The second-order valence-electron chi connectivity index (χ2n) is 9.34. The topological polar surface area (TPSA) is 159 Å². The van der Waals surface area contributed by atoms with E-state index >= 15 is 0 Å². The van der Waals surface area contributed by atoms with Gasteiger partial charge in [-0.2, -0.15) is 0 Å². The number of aromatic nitrogens is 3. The second kappa shape index (κ2) is 10.0. The highest BCUT2D eigenvalue weighted by Crippen LogP contribution is 2.34. The lowest BCUT2D eigenvalue weighted by molar-refractivity contribution is -0.151. The van der Waals surface area contributed by atoms with Crippen molar-refractivity contribution in [3.63, 3.8) is 0 Å². The molecule has 1 amide bonds. The Morgan fingerprint density at radius 3 is 2.63 bits per heavy atom. The third kappa shape index (κ3) is 4.55. The zero-order valence-electron chi connectivity index (χ0n) is 21.1. The predicted octanol–water partition coefficient (Wildman–Crippen LogP) is 1.97. The van der Waals surface area contributed by atoms with Crippen LogP contribution in [0.25, 0.3) is 21.8 Å². The molecule has 4 aromatic rings. The van der Waals surface area contributed by atoms with E-state index in [1.165, 1.54) is 17.0 Å². The maximum absolute atomic E-state index is 12.9. The molecule has 38 heavy (non-hydrogen) atoms. The van der Waals surface area contributed by atoms with Crippen molar-refractivity contribution in [2.75, 3.05) is 13.7 Å². The molecule has 0 radical (unpaired) electrons. The molecule has 1 fully saturated rings. The van der Waals surface area contributed by atoms with Gasteiger partial charge in [-0.1, -0.05) is 24.3 Å². The number of hydrogen-bond donors (Lipinski definition) is 3. The van der Waals surface area contributed by atoms with Crippen LogP contribution in [0.2, 0.25) is 0 Å². The SMILES string of the molecule is COc1ccc2cc([C@@H](C)C(=O)OC[C@H]3O[C@@H](n4cc(C(N)=O)c5cnc(C)nc54)[C@H](O)[C@@H]3O)ccc2c1. The van der Waals surface area contributed by atoms with Gasteiger partial charge < -0.3 is 34.7 Å². The maximum atomic E-state index is 12.9. The highest BCUT2D eigenvalue weighted by molar-refractivity contribution is 6.05. The lowest BCUT2D eigenvalue weighted by atomic mass is 9.98. The average molecular weight is 521 g/mol. The first-order valence-corrected chi connectivity index (χ1v) is 12.1. The molecule has 0 spiro atoms. The number of aliphatic hydroxyl groups is 2. The second-order valence-corrected chi connectivity index (χ2v) is 9.34. The highest BCUT2D eigenvalue weighted by Gasteiger charge is 2.45. The molecule has 2 aromatic carbocycles. The number of amides is 1. The summed E-state index contributed by atoms with van der Waals surface area (Å²) in [7, 11) is 1.61. The van der Waals surface area contributed by atoms with Gasteiger partial charge >= 0.3 is 5.97 Å². The van der Waals surface area contributed by atoms with E-state index in [-0.39, 0.29) is 12.2 Å². The van der Waals surface area contributed by atoms with Crippen LogP contribution in [-0.4, -0.2) is 68.7 Å². The number of benzene rings is 2. The standard InChI is InChI=1S/C27H28N4O7/c1-13(15-4-5-17-9-18(36-3)7-6-16(17)8-15)27(35)37-12-21-22(32)23(33)26(38-21)31-11-20(24(28)34)19-10-29-14(2)30-25(19)31/h4-11,13,21-23,26,32-33H,12H2,1-3H3,(H2,28,34)/t13-,21-,22-,23-,26-/m1/s1. The van der Waals surface area contributed by atoms with Crippen LogP contribution in [0.4, 0.5) is 0 Å². The van der Waals surface area contributed by atoms with Crippen molar-refractivity contribution in [3.05, 3.63) is 65.7 Å². The van der Waals surface area contributed by atoms with Crippen LogP contribution in [0, 0.1) is 6.92 Å². The zero-order chi connectivity index (χ0) is 27.1. The molecule has 0 saturated carbocycles. The quantitative estimate of drug-likeness (QED) is 0.310. The molecule has 0 bridgehead atoms. The molecule has 5 rings (SSSR count). The Hall–Kier alpha value is -4.06. The first-order valence-electron chi connectivity index (χ1n) is 12.1. The molecule has 1 aliphatic heterocycles. The first-order chi connectivity index (χ1) is 18.2. The Morgan fingerprint density at radius 1 is 1.16 bits per heavy atom. The van der Waals surface area contributed by atoms with Gasteiger partial charge in [-0.25, -0.2) is 9.97 Å². The maximum Gasteiger partial charge on any atom is 0.313 e. The lowest BCUT2D eigenvalue weighted by Crippen LogP contribution is -2.34. The number of aliphatic hydroxyl groups excluding tert-OH is 2. The van der Waals surface area contributed by atoms with E-state index in [9.17, 15) is 19.8 Å². The summed E-state index contributed by atoms with van der Waals surface area (Å²) in [6, 6.07) is 11.4. The molecular formula is C27H28N4O7. The zero-order valence-corrected chi connectivity index (χ0v) is 21.1. The predicted molar refractivity (Wildman–Crippen MR) is 137 cm³/mol. The van der Waals surface area contributed by atoms with Crippen LogP contribution in [0.15, 0.2) is 48.8 Å². The summed E-state index contributed by atoms with van der Waals surface area (Å²) in [5.41, 5.74) is 6.74. The summed E-state index contributed by atoms with van der Waals surface area (Å²) in [6.07, 6.45) is -1.94. The Balaban J connectivity index is 1.30. The minimum absolute atomic E-state index is 0.155. The van der Waals surface area contributed by atoms with Crippen molar-refractivity contribution < 1.29 is 34.0 Å². The van der Waals surface area contributed by atoms with Crippen molar-refractivity contribution in [2.45, 2.75) is 44.3 Å². The third-order valence-corrected chi connectivity index (χ3v) is 6.88. The van der Waals surface area contributed by atoms with Gasteiger partial charge in [-0.3, -0.25) is 9.59 Å². The molecule has 3 heterocycles. The van der Waals surface area contributed by atoms with Crippen molar-refractivity contribution in [3.8, 4) is 5.75 Å². The molecule has 1 saturated heterocycles. The smallest absolute Gasteiger partial charge is 0.313 e. The van der Waals surface area contributed by atoms with Crippen LogP contribution in [0.1, 0.15) is 40.8 Å². The summed E-state index contributed by atoms with van der Waals surface area (Å²) in [5.74, 6) is -0.589. The van der Waals surface area contributed by atoms with E-state index < -0.39 is 42.3 Å². The molecular weight excluding hydrogens is 492 g/mol. The van der Waals surface area contributed by atoms with Crippen LogP contribution in [0.3, 0.4) is 0 Å². The number of hydrogen-bond acceptors (Lipinski definition) is 9. The van der Waals surface area contributed by atoms with Gasteiger partial charge in [-0.15, -0.1) is 0 Å². The van der Waals surface area contributed by atoms with E-state index in [0.29, 0.717) is 16.9 Å². The molecule has 11 heteroatoms. The van der Waals surface area contributed by atoms with E-state index in [1.54, 1.807) is 21.0 Å². The molecule has 11 nitrogen and oxygen atoms in total. The lowest BCUT2D eigenvalue weighted by Gasteiger charge is -2.18. The number of nitrogens with two attached hydrogens (primary N) is 1. The third-order valence-electron chi connectivity index (χ3n) is 6.88. The minimum atomic E-state index is -1.37. The first kappa shape index (κ1) is 25.6. The molecule has 1 aliphatic rings. The van der Waals surface area contributed by atoms with E-state index in [1.807, 2.05) is 36.4 Å². The summed E-state index contributed by atoms with van der Waals surface area (Å²) in [5, 5.41) is 23.7. The Morgan fingerprint density at radius 2 is 1.89 bits per heavy atom. The average Bonchev–Trinajstić information content (AvgIpc) is 3.42. The van der Waals surface area contributed by atoms with Gasteiger partial charge in [0, 0.05) is 12.4 Å². The normalized spacial score (nSPS) is 22.0. The molecule has 0 unspecified atom stereocenters. The number of esters is 1. The number of ether oxygens (including phenoxy) is 3. The summed E-state index contributed by atoms with van der Waals surface area (Å²) < 4.78 is 18.1. The van der Waals surface area contributed by atoms with Crippen LogP contribution >= 0.6 is 0 Å². The molecule has 198 valence electrons. The van der Waals surface area contributed by atoms with Gasteiger partial charge in [0.1, 0.15) is 42.1 Å². The largest absolute Gasteiger partial charge is 0.497 e. The van der Waals surface area contributed by atoms with Crippen molar-refractivity contribution in [1.82, 2.24) is 14.5 Å². The van der Waals surface area contributed by atoms with Gasteiger partial charge in [0.05, 0.1) is 24.0 Å². The number of methoxy groups -OCH3 is 1. The number of aryl methyl sites for hydroxylation is 1. The number of rotatable bonds is 7. The number of nitrogens with zero attached hydrogens (tertiary/aromatic N) is 3. The van der Waals surface area contributed by atoms with Gasteiger partial charge in [0.2, 0.25) is 0 Å². The van der Waals surface area contributed by atoms with Gasteiger partial charge in [0.25, 0.3) is 5.91 Å². The molecule has 5 atom stereocenters. The Kier molecular flexibility index (Phi) is 6.74. The number of primary amides is 1. The molecule has 4 N–H and O–H groups in total. The summed E-state index contributed by atoms with van der Waals surface area (Å²) >= 11 is 0. The van der Waals surface area contributed by atoms with Gasteiger partial charge in [-0.05, 0) is 42.3 Å². The number of carbonyl (C=O) groups excluding carboxylic acids is 2. The van der Waals surface area contributed by atoms with Crippen LogP contribution in [0.5, 0.6) is 5.75 Å². The van der Waals surface area contributed by atoms with E-state index in [2.05, 4.69) is 9.97 Å². The van der Waals surface area contributed by atoms with Crippen molar-refractivity contribution >= 4 is 33.7 Å². The van der Waals surface area contributed by atoms with Crippen molar-refractivity contribution in [1.29, 1.82) is 0 Å². The summed E-state index contributed by atoms with van der Waals surface area (Å²) in [4.78, 5) is 33.2. The van der Waals surface area contributed by atoms with Crippen LogP contribution < -0.4 is 10.5 Å². The minimum Gasteiger partial charge on any atom is -0.497 e. The van der Waals surface area contributed by atoms with Gasteiger partial charge in [0.15, 0.2) is 6.23 Å². The highest BCUT2D eigenvalue weighted by atomic mass is 16.6. The fraction of sp³-hybridized carbons (Fsp3) is 0.333. The monoisotopic (exact) mass is 520 g/mol. The van der Waals surface area contributed by atoms with E-state index in [4.69, 9.17) is 19.9 Å². The van der Waals surface area contributed by atoms with E-state index in [0.717, 1.165) is 22.1 Å². The number of carbonyl (C=O) groups is 2. The van der Waals surface area contributed by atoms with Crippen molar-refractivity contribution in [2.24, 2.45) is 5.73 Å². The Bertz CT molecular complexity index is 1530. The van der Waals surface area contributed by atoms with Crippen LogP contribution in [-0.2, 0) is 14.3 Å². The Labute approximate surface area is 217 Å².